The molecule has 88 valence electrons. The first-order chi connectivity index (χ1) is 7.47. The van der Waals surface area contributed by atoms with E-state index in [4.69, 9.17) is 5.73 Å². The van der Waals surface area contributed by atoms with Crippen LogP contribution < -0.4 is 11.1 Å². The van der Waals surface area contributed by atoms with E-state index in [2.05, 4.69) is 5.32 Å². The zero-order valence-corrected chi connectivity index (χ0v) is 10.0. The average Bonchev–Trinajstić information content (AvgIpc) is 2.98. The Morgan fingerprint density at radius 1 is 1.44 bits per heavy atom. The Hall–Kier alpha value is -1.23. The molecule has 0 radical (unpaired) electrons. The number of benzene rings is 1. The van der Waals surface area contributed by atoms with E-state index in [1.165, 1.54) is 25.2 Å². The van der Waals surface area contributed by atoms with Gasteiger partial charge in [-0.3, -0.25) is 0 Å². The molecule has 16 heavy (non-hydrogen) atoms. The highest BCUT2D eigenvalue weighted by atomic mass is 32.2. The Kier molecular flexibility index (Phi) is 2.80. The maximum absolute atomic E-state index is 11.3. The van der Waals surface area contributed by atoms with Crippen LogP contribution in [-0.2, 0) is 9.84 Å². The van der Waals surface area contributed by atoms with Crippen molar-refractivity contribution < 1.29 is 8.42 Å². The second kappa shape index (κ2) is 3.97. The summed E-state index contributed by atoms with van der Waals surface area (Å²) in [7, 11) is -3.17. The highest BCUT2D eigenvalue weighted by Crippen LogP contribution is 2.30. The Labute approximate surface area is 95.8 Å². The molecular formula is C11H16N2O2S. The minimum Gasteiger partial charge on any atom is -0.397 e. The van der Waals surface area contributed by atoms with E-state index in [1.54, 1.807) is 12.1 Å². The second-order valence-corrected chi connectivity index (χ2v) is 6.36. The fourth-order valence-electron chi connectivity index (χ4n) is 1.51. The van der Waals surface area contributed by atoms with Gasteiger partial charge in [0, 0.05) is 12.8 Å². The molecule has 0 atom stereocenters. The van der Waals surface area contributed by atoms with Crippen LogP contribution in [0.25, 0.3) is 0 Å². The molecule has 1 saturated carbocycles. The zero-order valence-electron chi connectivity index (χ0n) is 9.23. The molecule has 3 N–H and O–H groups in total. The number of hydrogen-bond donors (Lipinski definition) is 2. The third kappa shape index (κ3) is 2.66. The lowest BCUT2D eigenvalue weighted by molar-refractivity contribution is 0.602. The lowest BCUT2D eigenvalue weighted by Crippen LogP contribution is -2.07. The van der Waals surface area contributed by atoms with Crippen molar-refractivity contribution in [2.75, 3.05) is 23.9 Å². The van der Waals surface area contributed by atoms with Gasteiger partial charge in [0.1, 0.15) is 0 Å². The van der Waals surface area contributed by atoms with Crippen LogP contribution in [0.3, 0.4) is 0 Å². The number of nitrogens with one attached hydrogen (secondary N) is 1. The van der Waals surface area contributed by atoms with Gasteiger partial charge in [0.25, 0.3) is 0 Å². The Morgan fingerprint density at radius 3 is 2.62 bits per heavy atom. The summed E-state index contributed by atoms with van der Waals surface area (Å²) < 4.78 is 22.6. The topological polar surface area (TPSA) is 72.2 Å². The summed E-state index contributed by atoms with van der Waals surface area (Å²) in [4.78, 5) is 0.266. The average molecular weight is 240 g/mol. The van der Waals surface area contributed by atoms with Gasteiger partial charge >= 0.3 is 0 Å². The molecule has 5 heteroatoms. The van der Waals surface area contributed by atoms with Crippen molar-refractivity contribution in [1.82, 2.24) is 0 Å². The molecule has 0 bridgehead atoms. The molecule has 0 saturated heterocycles. The normalized spacial score (nSPS) is 16.1. The van der Waals surface area contributed by atoms with Gasteiger partial charge in [0.15, 0.2) is 9.84 Å². The Morgan fingerprint density at radius 2 is 2.12 bits per heavy atom. The lowest BCUT2D eigenvalue weighted by Gasteiger charge is -2.09. The van der Waals surface area contributed by atoms with Crippen LogP contribution in [0.15, 0.2) is 23.1 Å². The lowest BCUT2D eigenvalue weighted by atomic mass is 10.2. The Bertz CT molecular complexity index is 493. The van der Waals surface area contributed by atoms with Gasteiger partial charge in [0.05, 0.1) is 16.3 Å². The van der Waals surface area contributed by atoms with Crippen LogP contribution in [0.1, 0.15) is 12.8 Å². The zero-order chi connectivity index (χ0) is 11.8. The highest BCUT2D eigenvalue weighted by Gasteiger charge is 2.21. The minimum absolute atomic E-state index is 0.266. The van der Waals surface area contributed by atoms with Gasteiger partial charge in [-0.1, -0.05) is 0 Å². The molecule has 1 aliphatic carbocycles. The van der Waals surface area contributed by atoms with Crippen molar-refractivity contribution in [1.29, 1.82) is 0 Å². The molecule has 0 spiro atoms. The van der Waals surface area contributed by atoms with Gasteiger partial charge in [-0.05, 0) is 37.0 Å². The molecule has 0 unspecified atom stereocenters. The molecule has 0 aliphatic heterocycles. The third-order valence-electron chi connectivity index (χ3n) is 2.73. The smallest absolute Gasteiger partial charge is 0.175 e. The second-order valence-electron chi connectivity index (χ2n) is 4.35. The van der Waals surface area contributed by atoms with E-state index in [-0.39, 0.29) is 4.90 Å². The summed E-state index contributed by atoms with van der Waals surface area (Å²) in [6.07, 6.45) is 3.72. The number of nitrogen functional groups attached to an aromatic ring is 1. The SMILES string of the molecule is CS(=O)(=O)c1ccc(NCC2CC2)c(N)c1. The maximum Gasteiger partial charge on any atom is 0.175 e. The first-order valence-electron chi connectivity index (χ1n) is 5.30. The van der Waals surface area contributed by atoms with Crippen molar-refractivity contribution >= 4 is 21.2 Å². The van der Waals surface area contributed by atoms with Crippen molar-refractivity contribution in [3.05, 3.63) is 18.2 Å². The first-order valence-corrected chi connectivity index (χ1v) is 7.19. The van der Waals surface area contributed by atoms with Crippen LogP contribution in [-0.4, -0.2) is 21.2 Å². The van der Waals surface area contributed by atoms with Gasteiger partial charge < -0.3 is 11.1 Å². The third-order valence-corrected chi connectivity index (χ3v) is 3.84. The standard InChI is InChI=1S/C11H16N2O2S/c1-16(14,15)9-4-5-11(10(12)6-9)13-7-8-2-3-8/h4-6,8,13H,2-3,7,12H2,1H3. The molecular weight excluding hydrogens is 224 g/mol. The summed E-state index contributed by atoms with van der Waals surface area (Å²) in [5, 5.41) is 3.23. The number of nitrogens with two attached hydrogens (primary N) is 1. The van der Waals surface area contributed by atoms with Crippen LogP contribution >= 0.6 is 0 Å². The molecule has 1 fully saturated rings. The summed E-state index contributed by atoms with van der Waals surface area (Å²) in [6, 6.07) is 4.82. The number of rotatable bonds is 4. The predicted molar refractivity (Wildman–Crippen MR) is 65.2 cm³/mol. The monoisotopic (exact) mass is 240 g/mol. The van der Waals surface area contributed by atoms with E-state index >= 15 is 0 Å². The van der Waals surface area contributed by atoms with Crippen molar-refractivity contribution in [3.8, 4) is 0 Å². The van der Waals surface area contributed by atoms with Crippen molar-refractivity contribution in [2.45, 2.75) is 17.7 Å². The Balaban J connectivity index is 2.15. The summed E-state index contributed by atoms with van der Waals surface area (Å²) in [6.45, 7) is 0.919. The molecule has 2 rings (SSSR count). The van der Waals surface area contributed by atoms with Gasteiger partial charge in [-0.2, -0.15) is 0 Å². The van der Waals surface area contributed by atoms with E-state index < -0.39 is 9.84 Å². The predicted octanol–water partition coefficient (Wildman–Crippen LogP) is 1.49. The highest BCUT2D eigenvalue weighted by molar-refractivity contribution is 7.90. The molecule has 4 nitrogen and oxygen atoms in total. The largest absolute Gasteiger partial charge is 0.397 e. The fourth-order valence-corrected chi connectivity index (χ4v) is 2.16. The van der Waals surface area contributed by atoms with Crippen molar-refractivity contribution in [3.63, 3.8) is 0 Å². The van der Waals surface area contributed by atoms with E-state index in [1.807, 2.05) is 0 Å². The molecule has 1 aliphatic rings. The van der Waals surface area contributed by atoms with Gasteiger partial charge in [0.2, 0.25) is 0 Å². The summed E-state index contributed by atoms with van der Waals surface area (Å²) in [5.41, 5.74) is 7.11. The first kappa shape index (κ1) is 11.3. The van der Waals surface area contributed by atoms with E-state index in [0.717, 1.165) is 18.2 Å². The summed E-state index contributed by atoms with van der Waals surface area (Å²) in [5.74, 6) is 0.758. The number of sulfone groups is 1. The van der Waals surface area contributed by atoms with Crippen molar-refractivity contribution in [2.24, 2.45) is 5.92 Å². The minimum atomic E-state index is -3.17. The molecule has 1 aromatic carbocycles. The maximum atomic E-state index is 11.3. The van der Waals surface area contributed by atoms with Crippen LogP contribution in [0.4, 0.5) is 11.4 Å². The van der Waals surface area contributed by atoms with Gasteiger partial charge in [-0.15, -0.1) is 0 Å². The molecule has 1 aromatic rings. The quantitative estimate of drug-likeness (QED) is 0.782. The van der Waals surface area contributed by atoms with E-state index in [9.17, 15) is 8.42 Å². The number of hydrogen-bond acceptors (Lipinski definition) is 4. The fraction of sp³-hybridized carbons (Fsp3) is 0.455. The molecule has 0 heterocycles. The van der Waals surface area contributed by atoms with Crippen LogP contribution in [0, 0.1) is 5.92 Å². The molecule has 0 aromatic heterocycles. The summed E-state index contributed by atoms with van der Waals surface area (Å²) >= 11 is 0. The van der Waals surface area contributed by atoms with Crippen LogP contribution in [0.5, 0.6) is 0 Å². The molecule has 0 amide bonds. The van der Waals surface area contributed by atoms with E-state index in [0.29, 0.717) is 5.69 Å². The van der Waals surface area contributed by atoms with Crippen LogP contribution in [0.2, 0.25) is 0 Å². The number of anilines is 2. The van der Waals surface area contributed by atoms with Gasteiger partial charge in [-0.25, -0.2) is 8.42 Å².